The lowest BCUT2D eigenvalue weighted by Gasteiger charge is -2.22. The molecule has 0 aliphatic carbocycles. The fourth-order valence-corrected chi connectivity index (χ4v) is 1.99. The first-order chi connectivity index (χ1) is 11.0. The molecule has 7 nitrogen and oxygen atoms in total. The molecule has 1 aliphatic rings. The van der Waals surface area contributed by atoms with Crippen LogP contribution in [0.2, 0.25) is 0 Å². The average Bonchev–Trinajstić information content (AvgIpc) is 2.74. The third kappa shape index (κ3) is 4.68. The summed E-state index contributed by atoms with van der Waals surface area (Å²) < 4.78 is 39.4. The molecule has 0 radical (unpaired) electrons. The van der Waals surface area contributed by atoms with Gasteiger partial charge in [0.2, 0.25) is 0 Å². The second-order valence-corrected chi connectivity index (χ2v) is 6.27. The van der Waals surface area contributed by atoms with Crippen molar-refractivity contribution < 1.29 is 38.0 Å². The summed E-state index contributed by atoms with van der Waals surface area (Å²) in [5.74, 6) is -0.416. The van der Waals surface area contributed by atoms with Crippen LogP contribution in [0.25, 0.3) is 0 Å². The molecular formula is C15H19F2NO6. The summed E-state index contributed by atoms with van der Waals surface area (Å²) in [5.41, 5.74) is -0.565. The number of benzene rings is 1. The van der Waals surface area contributed by atoms with Gasteiger partial charge in [0.25, 0.3) is 0 Å². The largest absolute Gasteiger partial charge is 0.586 e. The van der Waals surface area contributed by atoms with Crippen LogP contribution in [0.5, 0.6) is 11.5 Å². The number of alkyl halides is 2. The lowest BCUT2D eigenvalue weighted by molar-refractivity contribution is -0.286. The van der Waals surface area contributed by atoms with Crippen molar-refractivity contribution in [1.82, 2.24) is 5.32 Å². The van der Waals surface area contributed by atoms with Gasteiger partial charge >= 0.3 is 12.4 Å². The molecule has 3 N–H and O–H groups in total. The predicted molar refractivity (Wildman–Crippen MR) is 77.8 cm³/mol. The van der Waals surface area contributed by atoms with Crippen molar-refractivity contribution in [3.8, 4) is 11.5 Å². The van der Waals surface area contributed by atoms with Crippen LogP contribution in [0.3, 0.4) is 0 Å². The van der Waals surface area contributed by atoms with Gasteiger partial charge in [0.15, 0.2) is 11.5 Å². The Morgan fingerprint density at radius 2 is 1.92 bits per heavy atom. The van der Waals surface area contributed by atoms with Crippen molar-refractivity contribution in [3.05, 3.63) is 23.8 Å². The van der Waals surface area contributed by atoms with Gasteiger partial charge in [-0.15, -0.1) is 8.78 Å². The number of rotatable bonds is 4. The molecular weight excluding hydrogens is 328 g/mol. The zero-order chi connectivity index (χ0) is 18.1. The van der Waals surface area contributed by atoms with Crippen molar-refractivity contribution in [3.63, 3.8) is 0 Å². The molecule has 2 unspecified atom stereocenters. The van der Waals surface area contributed by atoms with Crippen LogP contribution >= 0.6 is 0 Å². The molecule has 134 valence electrons. The Bertz CT molecular complexity index is 616. The average molecular weight is 347 g/mol. The van der Waals surface area contributed by atoms with Crippen molar-refractivity contribution in [2.75, 3.05) is 6.54 Å². The summed E-state index contributed by atoms with van der Waals surface area (Å²) in [7, 11) is 0. The molecule has 0 saturated heterocycles. The maximum Gasteiger partial charge on any atom is 0.586 e. The van der Waals surface area contributed by atoms with Crippen LogP contribution in [0.4, 0.5) is 13.6 Å². The van der Waals surface area contributed by atoms with Gasteiger partial charge < -0.3 is 29.7 Å². The smallest absolute Gasteiger partial charge is 0.444 e. The molecule has 2 rings (SSSR count). The molecule has 0 fully saturated rings. The molecule has 1 heterocycles. The summed E-state index contributed by atoms with van der Waals surface area (Å²) in [6.45, 7) is 4.75. The van der Waals surface area contributed by atoms with Gasteiger partial charge in [-0.3, -0.25) is 0 Å². The lowest BCUT2D eigenvalue weighted by atomic mass is 10.0. The topological polar surface area (TPSA) is 97.3 Å². The van der Waals surface area contributed by atoms with Gasteiger partial charge in [-0.25, -0.2) is 4.79 Å². The Balaban J connectivity index is 1.95. The first kappa shape index (κ1) is 18.2. The Kier molecular flexibility index (Phi) is 4.86. The molecule has 1 aromatic carbocycles. The number of fused-ring (bicyclic) bond motifs is 1. The second kappa shape index (κ2) is 6.40. The maximum absolute atomic E-state index is 13.0. The van der Waals surface area contributed by atoms with Crippen LogP contribution in [0.15, 0.2) is 18.2 Å². The van der Waals surface area contributed by atoms with Crippen LogP contribution in [0, 0.1) is 0 Å². The molecule has 0 aromatic heterocycles. The highest BCUT2D eigenvalue weighted by atomic mass is 19.3. The highest BCUT2D eigenvalue weighted by Crippen LogP contribution is 2.42. The highest BCUT2D eigenvalue weighted by molar-refractivity contribution is 5.67. The van der Waals surface area contributed by atoms with Crippen molar-refractivity contribution in [2.45, 2.75) is 44.9 Å². The molecule has 0 spiro atoms. The Morgan fingerprint density at radius 1 is 1.29 bits per heavy atom. The Morgan fingerprint density at radius 3 is 2.54 bits per heavy atom. The summed E-state index contributed by atoms with van der Waals surface area (Å²) in [5, 5.41) is 22.3. The summed E-state index contributed by atoms with van der Waals surface area (Å²) >= 11 is 0. The van der Waals surface area contributed by atoms with Crippen LogP contribution in [0.1, 0.15) is 32.4 Å². The number of carbonyl (C=O) groups is 1. The molecule has 1 aliphatic heterocycles. The van der Waals surface area contributed by atoms with E-state index in [-0.39, 0.29) is 23.6 Å². The van der Waals surface area contributed by atoms with E-state index in [2.05, 4.69) is 14.8 Å². The zero-order valence-electron chi connectivity index (χ0n) is 13.4. The third-order valence-corrected chi connectivity index (χ3v) is 2.99. The zero-order valence-corrected chi connectivity index (χ0v) is 13.4. The van der Waals surface area contributed by atoms with E-state index in [0.717, 1.165) is 6.07 Å². The van der Waals surface area contributed by atoms with Gasteiger partial charge in [0.05, 0.1) is 0 Å². The van der Waals surface area contributed by atoms with E-state index in [1.54, 1.807) is 20.8 Å². The first-order valence-electron chi connectivity index (χ1n) is 7.20. The quantitative estimate of drug-likeness (QED) is 0.770. The maximum atomic E-state index is 13.0. The van der Waals surface area contributed by atoms with E-state index in [4.69, 9.17) is 4.74 Å². The minimum atomic E-state index is -3.76. The number of halogens is 2. The molecule has 24 heavy (non-hydrogen) atoms. The molecule has 9 heteroatoms. The van der Waals surface area contributed by atoms with Crippen molar-refractivity contribution >= 4 is 6.09 Å². The van der Waals surface area contributed by atoms with E-state index in [1.807, 2.05) is 0 Å². The number of hydrogen-bond acceptors (Lipinski definition) is 6. The van der Waals surface area contributed by atoms with Gasteiger partial charge in [-0.2, -0.15) is 0 Å². The number of amides is 1. The van der Waals surface area contributed by atoms with E-state index in [1.165, 1.54) is 12.1 Å². The van der Waals surface area contributed by atoms with Gasteiger partial charge in [0.1, 0.15) is 17.8 Å². The monoisotopic (exact) mass is 347 g/mol. The van der Waals surface area contributed by atoms with E-state index in [9.17, 15) is 23.8 Å². The summed E-state index contributed by atoms with van der Waals surface area (Å²) in [6, 6.07) is 3.64. The Labute approximate surface area is 137 Å². The van der Waals surface area contributed by atoms with E-state index >= 15 is 0 Å². The predicted octanol–water partition coefficient (Wildman–Crippen LogP) is 1.93. The van der Waals surface area contributed by atoms with E-state index < -0.39 is 30.2 Å². The SMILES string of the molecule is CC(C)(C)OC(=O)NCC(O)C(O)c1ccc2c(c1)OC(F)(F)O2. The molecule has 1 amide bonds. The fraction of sp³-hybridized carbons (Fsp3) is 0.533. The first-order valence-corrected chi connectivity index (χ1v) is 7.20. The number of aliphatic hydroxyl groups excluding tert-OH is 2. The second-order valence-electron chi connectivity index (χ2n) is 6.27. The van der Waals surface area contributed by atoms with Gasteiger partial charge in [0, 0.05) is 6.54 Å². The lowest BCUT2D eigenvalue weighted by Crippen LogP contribution is -2.38. The normalized spacial score (nSPS) is 18.0. The molecule has 0 bridgehead atoms. The number of hydrogen-bond donors (Lipinski definition) is 3. The summed E-state index contributed by atoms with van der Waals surface area (Å²) in [6.07, 6.45) is -7.32. The molecule has 2 atom stereocenters. The van der Waals surface area contributed by atoms with Crippen molar-refractivity contribution in [2.24, 2.45) is 0 Å². The number of ether oxygens (including phenoxy) is 3. The fourth-order valence-electron chi connectivity index (χ4n) is 1.99. The standard InChI is InChI=1S/C15H19F2NO6/c1-14(2,3)24-13(21)18-7-9(19)12(20)8-4-5-10-11(6-8)23-15(16,17)22-10/h4-6,9,12,19-20H,7H2,1-3H3,(H,18,21). The molecule has 0 saturated carbocycles. The number of aliphatic hydroxyl groups is 2. The highest BCUT2D eigenvalue weighted by Gasteiger charge is 2.43. The minimum Gasteiger partial charge on any atom is -0.444 e. The number of alkyl carbamates (subject to hydrolysis) is 1. The van der Waals surface area contributed by atoms with E-state index in [0.29, 0.717) is 0 Å². The van der Waals surface area contributed by atoms with Crippen LogP contribution in [-0.4, -0.2) is 40.9 Å². The van der Waals surface area contributed by atoms with Gasteiger partial charge in [-0.1, -0.05) is 6.07 Å². The van der Waals surface area contributed by atoms with Crippen molar-refractivity contribution in [1.29, 1.82) is 0 Å². The summed E-state index contributed by atoms with van der Waals surface area (Å²) in [4.78, 5) is 11.5. The Hall–Kier alpha value is -2.13. The van der Waals surface area contributed by atoms with Crippen LogP contribution < -0.4 is 14.8 Å². The minimum absolute atomic E-state index is 0.133. The molecule has 1 aromatic rings. The third-order valence-electron chi connectivity index (χ3n) is 2.99. The van der Waals surface area contributed by atoms with Gasteiger partial charge in [-0.05, 0) is 38.5 Å². The number of carbonyl (C=O) groups excluding carboxylic acids is 1. The van der Waals surface area contributed by atoms with Crippen LogP contribution in [-0.2, 0) is 4.74 Å². The number of nitrogens with one attached hydrogen (secondary N) is 1.